The first kappa shape index (κ1) is 12.9. The zero-order valence-electron chi connectivity index (χ0n) is 10.0. The van der Waals surface area contributed by atoms with E-state index in [1.54, 1.807) is 14.0 Å². The molecule has 90 valence electrons. The van der Waals surface area contributed by atoms with Gasteiger partial charge in [0.1, 0.15) is 0 Å². The zero-order valence-corrected chi connectivity index (χ0v) is 10.0. The van der Waals surface area contributed by atoms with E-state index in [1.807, 2.05) is 11.9 Å². The highest BCUT2D eigenvalue weighted by molar-refractivity contribution is 6.15. The van der Waals surface area contributed by atoms with Crippen LogP contribution in [0.1, 0.15) is 6.92 Å². The first-order valence-corrected chi connectivity index (χ1v) is 5.28. The minimum absolute atomic E-state index is 0.176. The maximum absolute atomic E-state index is 11.5. The van der Waals surface area contributed by atoms with Gasteiger partial charge in [-0.25, -0.2) is 0 Å². The molecule has 1 heterocycles. The average molecular weight is 226 g/mol. The van der Waals surface area contributed by atoms with Crippen LogP contribution in [0, 0.1) is 0 Å². The van der Waals surface area contributed by atoms with Crippen molar-refractivity contribution in [1.29, 1.82) is 0 Å². The molecule has 0 saturated heterocycles. The Morgan fingerprint density at radius 3 is 2.56 bits per heavy atom. The highest BCUT2D eigenvalue weighted by Crippen LogP contribution is 2.11. The summed E-state index contributed by atoms with van der Waals surface area (Å²) in [7, 11) is 3.58. The van der Waals surface area contributed by atoms with Gasteiger partial charge in [0.15, 0.2) is 0 Å². The predicted octanol–water partition coefficient (Wildman–Crippen LogP) is -0.120. The number of methoxy groups -OCH3 is 1. The SMILES string of the molecule is COCCN(C)CCN1C(=O)C=C(C)C1=O. The van der Waals surface area contributed by atoms with E-state index in [0.717, 1.165) is 6.54 Å². The van der Waals surface area contributed by atoms with Crippen molar-refractivity contribution in [2.75, 3.05) is 40.4 Å². The molecule has 5 heteroatoms. The van der Waals surface area contributed by atoms with Crippen LogP contribution in [0.15, 0.2) is 11.6 Å². The fourth-order valence-electron chi connectivity index (χ4n) is 1.48. The van der Waals surface area contributed by atoms with Crippen LogP contribution in [0.25, 0.3) is 0 Å². The second kappa shape index (κ2) is 5.77. The minimum atomic E-state index is -0.206. The lowest BCUT2D eigenvalue weighted by Crippen LogP contribution is -2.38. The Hall–Kier alpha value is -1.20. The summed E-state index contributed by atoms with van der Waals surface area (Å²) in [5, 5.41) is 0. The molecule has 16 heavy (non-hydrogen) atoms. The van der Waals surface area contributed by atoms with Crippen molar-refractivity contribution in [3.63, 3.8) is 0 Å². The number of rotatable bonds is 6. The second-order valence-corrected chi connectivity index (χ2v) is 3.92. The van der Waals surface area contributed by atoms with E-state index in [0.29, 0.717) is 25.3 Å². The summed E-state index contributed by atoms with van der Waals surface area (Å²) in [5.41, 5.74) is 0.518. The zero-order chi connectivity index (χ0) is 12.1. The number of likely N-dealkylation sites (N-methyl/N-ethyl adjacent to an activating group) is 1. The van der Waals surface area contributed by atoms with E-state index in [9.17, 15) is 9.59 Å². The Balaban J connectivity index is 2.34. The second-order valence-electron chi connectivity index (χ2n) is 3.92. The molecule has 0 saturated carbocycles. The lowest BCUT2D eigenvalue weighted by molar-refractivity contribution is -0.137. The fourth-order valence-corrected chi connectivity index (χ4v) is 1.48. The highest BCUT2D eigenvalue weighted by Gasteiger charge is 2.27. The Morgan fingerprint density at radius 2 is 2.06 bits per heavy atom. The standard InChI is InChI=1S/C11H18N2O3/c1-9-8-10(14)13(11(9)15)5-4-12(2)6-7-16-3/h8H,4-7H2,1-3H3. The van der Waals surface area contributed by atoms with Crippen LogP contribution in [0.4, 0.5) is 0 Å². The number of hydrogen-bond acceptors (Lipinski definition) is 4. The highest BCUT2D eigenvalue weighted by atomic mass is 16.5. The Morgan fingerprint density at radius 1 is 1.38 bits per heavy atom. The molecule has 1 aliphatic rings. The van der Waals surface area contributed by atoms with Crippen LogP contribution in [-0.2, 0) is 14.3 Å². The van der Waals surface area contributed by atoms with Crippen LogP contribution in [0.2, 0.25) is 0 Å². The van der Waals surface area contributed by atoms with E-state index >= 15 is 0 Å². The molecule has 0 aromatic rings. The average Bonchev–Trinajstić information content (AvgIpc) is 2.48. The van der Waals surface area contributed by atoms with Crippen LogP contribution in [0.3, 0.4) is 0 Å². The molecular formula is C11H18N2O3. The summed E-state index contributed by atoms with van der Waals surface area (Å²) < 4.78 is 4.94. The van der Waals surface area contributed by atoms with Crippen molar-refractivity contribution in [3.05, 3.63) is 11.6 Å². The number of hydrogen-bond donors (Lipinski definition) is 0. The van der Waals surface area contributed by atoms with E-state index in [2.05, 4.69) is 0 Å². The van der Waals surface area contributed by atoms with Gasteiger partial charge in [0.25, 0.3) is 11.8 Å². The Kier molecular flexibility index (Phi) is 4.64. The monoisotopic (exact) mass is 226 g/mol. The third kappa shape index (κ3) is 3.15. The number of carbonyl (C=O) groups is 2. The first-order valence-electron chi connectivity index (χ1n) is 5.28. The first-order chi connectivity index (χ1) is 7.56. The molecular weight excluding hydrogens is 208 g/mol. The van der Waals surface area contributed by atoms with Crippen molar-refractivity contribution < 1.29 is 14.3 Å². The van der Waals surface area contributed by atoms with Crippen molar-refractivity contribution in [2.24, 2.45) is 0 Å². The molecule has 1 rings (SSSR count). The molecule has 0 spiro atoms. The van der Waals surface area contributed by atoms with Gasteiger partial charge in [-0.1, -0.05) is 0 Å². The van der Waals surface area contributed by atoms with Crippen LogP contribution in [0.5, 0.6) is 0 Å². The van der Waals surface area contributed by atoms with Crippen molar-refractivity contribution in [2.45, 2.75) is 6.92 Å². The van der Waals surface area contributed by atoms with Gasteiger partial charge in [-0.15, -0.1) is 0 Å². The molecule has 0 radical (unpaired) electrons. The molecule has 1 aliphatic heterocycles. The number of imide groups is 1. The van der Waals surface area contributed by atoms with Gasteiger partial charge in [-0.2, -0.15) is 0 Å². The van der Waals surface area contributed by atoms with Gasteiger partial charge >= 0.3 is 0 Å². The molecule has 0 bridgehead atoms. The number of nitrogens with zero attached hydrogens (tertiary/aromatic N) is 2. The largest absolute Gasteiger partial charge is 0.383 e. The van der Waals surface area contributed by atoms with Gasteiger partial charge in [-0.05, 0) is 14.0 Å². The van der Waals surface area contributed by atoms with Crippen molar-refractivity contribution in [1.82, 2.24) is 9.80 Å². The van der Waals surface area contributed by atoms with E-state index < -0.39 is 0 Å². The predicted molar refractivity (Wildman–Crippen MR) is 59.9 cm³/mol. The third-order valence-corrected chi connectivity index (χ3v) is 2.57. The lowest BCUT2D eigenvalue weighted by Gasteiger charge is -2.20. The number of amides is 2. The lowest BCUT2D eigenvalue weighted by atomic mass is 10.3. The summed E-state index contributed by atoms with van der Waals surface area (Å²) in [6.07, 6.45) is 1.39. The topological polar surface area (TPSA) is 49.9 Å². The van der Waals surface area contributed by atoms with Gasteiger partial charge < -0.3 is 9.64 Å². The molecule has 0 atom stereocenters. The van der Waals surface area contributed by atoms with Gasteiger partial charge in [0, 0.05) is 38.4 Å². The fraction of sp³-hybridized carbons (Fsp3) is 0.636. The summed E-state index contributed by atoms with van der Waals surface area (Å²) >= 11 is 0. The maximum Gasteiger partial charge on any atom is 0.256 e. The van der Waals surface area contributed by atoms with Crippen molar-refractivity contribution >= 4 is 11.8 Å². The van der Waals surface area contributed by atoms with Gasteiger partial charge in [0.2, 0.25) is 0 Å². The molecule has 0 aromatic heterocycles. The van der Waals surface area contributed by atoms with Crippen LogP contribution >= 0.6 is 0 Å². The summed E-state index contributed by atoms with van der Waals surface area (Å²) in [4.78, 5) is 26.2. The van der Waals surface area contributed by atoms with E-state index in [4.69, 9.17) is 4.74 Å². The maximum atomic E-state index is 11.5. The smallest absolute Gasteiger partial charge is 0.256 e. The Labute approximate surface area is 95.6 Å². The number of carbonyl (C=O) groups excluding carboxylic acids is 2. The molecule has 2 amide bonds. The van der Waals surface area contributed by atoms with Crippen molar-refractivity contribution in [3.8, 4) is 0 Å². The minimum Gasteiger partial charge on any atom is -0.383 e. The van der Waals surface area contributed by atoms with Crippen LogP contribution < -0.4 is 0 Å². The van der Waals surface area contributed by atoms with Crippen LogP contribution in [-0.4, -0.2) is 62.0 Å². The quantitative estimate of drug-likeness (QED) is 0.592. The number of ether oxygens (including phenoxy) is 1. The summed E-state index contributed by atoms with van der Waals surface area (Å²) in [6.45, 7) is 4.21. The summed E-state index contributed by atoms with van der Waals surface area (Å²) in [5.74, 6) is -0.382. The van der Waals surface area contributed by atoms with E-state index in [-0.39, 0.29) is 11.8 Å². The Bertz CT molecular complexity index is 312. The van der Waals surface area contributed by atoms with Gasteiger partial charge in [0.05, 0.1) is 6.61 Å². The summed E-state index contributed by atoms with van der Waals surface area (Å²) in [6, 6.07) is 0. The molecule has 0 aliphatic carbocycles. The molecule has 0 aromatic carbocycles. The normalized spacial score (nSPS) is 16.2. The third-order valence-electron chi connectivity index (χ3n) is 2.57. The van der Waals surface area contributed by atoms with E-state index in [1.165, 1.54) is 11.0 Å². The molecule has 0 N–H and O–H groups in total. The molecule has 0 fully saturated rings. The molecule has 0 unspecified atom stereocenters. The molecule has 5 nitrogen and oxygen atoms in total. The van der Waals surface area contributed by atoms with Gasteiger partial charge in [-0.3, -0.25) is 14.5 Å².